The van der Waals surface area contributed by atoms with E-state index in [4.69, 9.17) is 22.1 Å². The summed E-state index contributed by atoms with van der Waals surface area (Å²) in [6.45, 7) is 3.75. The van der Waals surface area contributed by atoms with Gasteiger partial charge in [-0.15, -0.1) is 0 Å². The van der Waals surface area contributed by atoms with E-state index in [0.29, 0.717) is 17.0 Å². The van der Waals surface area contributed by atoms with Crippen molar-refractivity contribution >= 4 is 11.6 Å². The molecule has 1 aromatic carbocycles. The molecule has 1 aromatic rings. The van der Waals surface area contributed by atoms with Crippen molar-refractivity contribution in [2.24, 2.45) is 5.73 Å². The monoisotopic (exact) mass is 245 g/mol. The first-order valence-electron chi connectivity index (χ1n) is 5.11. The van der Waals surface area contributed by atoms with Gasteiger partial charge in [0.15, 0.2) is 0 Å². The second-order valence-corrected chi connectivity index (χ2v) is 4.79. The summed E-state index contributed by atoms with van der Waals surface area (Å²) in [7, 11) is 1.59. The van der Waals surface area contributed by atoms with Gasteiger partial charge in [0.25, 0.3) is 0 Å². The highest BCUT2D eigenvalue weighted by atomic mass is 35.5. The highest BCUT2D eigenvalue weighted by Gasteiger charge is 2.26. The zero-order valence-corrected chi connectivity index (χ0v) is 10.5. The normalized spacial score (nSPS) is 13.9. The SMILES string of the molecule is COC(C)(C)C(N)Cc1cc(Cl)ccc1F. The average Bonchev–Trinajstić information content (AvgIpc) is 2.23. The third kappa shape index (κ3) is 3.17. The van der Waals surface area contributed by atoms with Gasteiger partial charge in [-0.05, 0) is 44.0 Å². The molecule has 1 atom stereocenters. The lowest BCUT2D eigenvalue weighted by molar-refractivity contribution is 0.000638. The van der Waals surface area contributed by atoms with Crippen molar-refractivity contribution in [3.05, 3.63) is 34.6 Å². The molecule has 16 heavy (non-hydrogen) atoms. The highest BCUT2D eigenvalue weighted by molar-refractivity contribution is 6.30. The Bertz CT molecular complexity index is 368. The van der Waals surface area contributed by atoms with E-state index in [2.05, 4.69) is 0 Å². The lowest BCUT2D eigenvalue weighted by atomic mass is 9.93. The summed E-state index contributed by atoms with van der Waals surface area (Å²) in [6.07, 6.45) is 0.396. The zero-order valence-electron chi connectivity index (χ0n) is 9.76. The topological polar surface area (TPSA) is 35.2 Å². The van der Waals surface area contributed by atoms with E-state index in [1.165, 1.54) is 12.1 Å². The first-order chi connectivity index (χ1) is 7.36. The van der Waals surface area contributed by atoms with E-state index in [-0.39, 0.29) is 11.9 Å². The maximum Gasteiger partial charge on any atom is 0.126 e. The maximum atomic E-state index is 13.5. The first kappa shape index (κ1) is 13.4. The van der Waals surface area contributed by atoms with Crippen LogP contribution >= 0.6 is 11.6 Å². The summed E-state index contributed by atoms with van der Waals surface area (Å²) in [4.78, 5) is 0. The number of hydrogen-bond acceptors (Lipinski definition) is 2. The van der Waals surface area contributed by atoms with Crippen molar-refractivity contribution in [2.45, 2.75) is 31.9 Å². The maximum absolute atomic E-state index is 13.5. The number of nitrogens with two attached hydrogens (primary N) is 1. The fourth-order valence-electron chi connectivity index (χ4n) is 1.33. The predicted molar refractivity (Wildman–Crippen MR) is 64.2 cm³/mol. The van der Waals surface area contributed by atoms with Crippen LogP contribution in [-0.4, -0.2) is 18.8 Å². The Morgan fingerprint density at radius 2 is 2.12 bits per heavy atom. The smallest absolute Gasteiger partial charge is 0.126 e. The van der Waals surface area contributed by atoms with Crippen molar-refractivity contribution in [3.63, 3.8) is 0 Å². The molecule has 0 fully saturated rings. The van der Waals surface area contributed by atoms with E-state index in [9.17, 15) is 4.39 Å². The molecule has 0 amide bonds. The Hall–Kier alpha value is -0.640. The minimum Gasteiger partial charge on any atom is -0.377 e. The van der Waals surface area contributed by atoms with Gasteiger partial charge in [0, 0.05) is 18.2 Å². The largest absolute Gasteiger partial charge is 0.377 e. The lowest BCUT2D eigenvalue weighted by Crippen LogP contribution is -2.46. The molecular formula is C12H17ClFNO. The van der Waals surface area contributed by atoms with Gasteiger partial charge in [-0.2, -0.15) is 0 Å². The van der Waals surface area contributed by atoms with Crippen LogP contribution in [0.1, 0.15) is 19.4 Å². The van der Waals surface area contributed by atoms with Crippen LogP contribution in [0.5, 0.6) is 0 Å². The van der Waals surface area contributed by atoms with Gasteiger partial charge in [-0.1, -0.05) is 11.6 Å². The molecule has 1 unspecified atom stereocenters. The number of hydrogen-bond donors (Lipinski definition) is 1. The van der Waals surface area contributed by atoms with Crippen LogP contribution in [0.15, 0.2) is 18.2 Å². The lowest BCUT2D eigenvalue weighted by Gasteiger charge is -2.30. The number of methoxy groups -OCH3 is 1. The Balaban J connectivity index is 2.84. The van der Waals surface area contributed by atoms with E-state index in [0.717, 1.165) is 0 Å². The standard InChI is InChI=1S/C12H17ClFNO/c1-12(2,16-3)11(15)7-8-6-9(13)4-5-10(8)14/h4-6,11H,7,15H2,1-3H3. The summed E-state index contributed by atoms with van der Waals surface area (Å²) >= 11 is 5.81. The van der Waals surface area contributed by atoms with Gasteiger partial charge in [0.2, 0.25) is 0 Å². The molecule has 4 heteroatoms. The molecule has 2 N–H and O–H groups in total. The average molecular weight is 246 g/mol. The molecule has 90 valence electrons. The quantitative estimate of drug-likeness (QED) is 0.885. The molecule has 1 rings (SSSR count). The first-order valence-corrected chi connectivity index (χ1v) is 5.49. The molecule has 0 spiro atoms. The molecule has 0 saturated carbocycles. The van der Waals surface area contributed by atoms with E-state index in [1.54, 1.807) is 13.2 Å². The van der Waals surface area contributed by atoms with Crippen LogP contribution < -0.4 is 5.73 Å². The van der Waals surface area contributed by atoms with Gasteiger partial charge < -0.3 is 10.5 Å². The fraction of sp³-hybridized carbons (Fsp3) is 0.500. The van der Waals surface area contributed by atoms with Crippen LogP contribution in [0.3, 0.4) is 0 Å². The van der Waals surface area contributed by atoms with Crippen LogP contribution in [0.2, 0.25) is 5.02 Å². The molecule has 0 aliphatic heterocycles. The molecule has 0 heterocycles. The third-order valence-corrected chi connectivity index (χ3v) is 3.10. The van der Waals surface area contributed by atoms with Crippen LogP contribution in [0.25, 0.3) is 0 Å². The van der Waals surface area contributed by atoms with Crippen molar-refractivity contribution in [1.29, 1.82) is 0 Å². The fourth-order valence-corrected chi connectivity index (χ4v) is 1.53. The number of benzene rings is 1. The van der Waals surface area contributed by atoms with Crippen LogP contribution in [0, 0.1) is 5.82 Å². The van der Waals surface area contributed by atoms with Crippen molar-refractivity contribution < 1.29 is 9.13 Å². The summed E-state index contributed by atoms with van der Waals surface area (Å²) in [5.41, 5.74) is 6.01. The molecule has 0 aliphatic carbocycles. The second-order valence-electron chi connectivity index (χ2n) is 4.35. The summed E-state index contributed by atoms with van der Waals surface area (Å²) in [6, 6.07) is 4.19. The number of ether oxygens (including phenoxy) is 1. The van der Waals surface area contributed by atoms with Gasteiger partial charge in [-0.3, -0.25) is 0 Å². The summed E-state index contributed by atoms with van der Waals surface area (Å²) < 4.78 is 18.7. The summed E-state index contributed by atoms with van der Waals surface area (Å²) in [5, 5.41) is 0.513. The molecule has 0 saturated heterocycles. The number of rotatable bonds is 4. The molecule has 0 aliphatic rings. The molecule has 0 aromatic heterocycles. The third-order valence-electron chi connectivity index (χ3n) is 2.87. The Kier molecular flexibility index (Phi) is 4.30. The van der Waals surface area contributed by atoms with Crippen molar-refractivity contribution in [1.82, 2.24) is 0 Å². The molecule has 2 nitrogen and oxygen atoms in total. The Morgan fingerprint density at radius 3 is 2.69 bits per heavy atom. The molecule has 0 bridgehead atoms. The van der Waals surface area contributed by atoms with Crippen LogP contribution in [0.4, 0.5) is 4.39 Å². The Labute approximate surface area is 101 Å². The van der Waals surface area contributed by atoms with E-state index in [1.807, 2.05) is 13.8 Å². The van der Waals surface area contributed by atoms with E-state index < -0.39 is 5.60 Å². The zero-order chi connectivity index (χ0) is 12.3. The van der Waals surface area contributed by atoms with Gasteiger partial charge >= 0.3 is 0 Å². The number of halogens is 2. The van der Waals surface area contributed by atoms with Crippen molar-refractivity contribution in [3.8, 4) is 0 Å². The minimum atomic E-state index is -0.491. The summed E-state index contributed by atoms with van der Waals surface area (Å²) in [5.74, 6) is -0.285. The van der Waals surface area contributed by atoms with Crippen LogP contribution in [-0.2, 0) is 11.2 Å². The highest BCUT2D eigenvalue weighted by Crippen LogP contribution is 2.20. The Morgan fingerprint density at radius 1 is 1.50 bits per heavy atom. The van der Waals surface area contributed by atoms with E-state index >= 15 is 0 Å². The van der Waals surface area contributed by atoms with Gasteiger partial charge in [0.05, 0.1) is 5.60 Å². The minimum absolute atomic E-state index is 0.285. The molecular weight excluding hydrogens is 229 g/mol. The predicted octanol–water partition coefficient (Wildman–Crippen LogP) is 2.77. The van der Waals surface area contributed by atoms with Gasteiger partial charge in [-0.25, -0.2) is 4.39 Å². The molecule has 0 radical (unpaired) electrons. The second kappa shape index (κ2) is 5.13. The van der Waals surface area contributed by atoms with Gasteiger partial charge in [0.1, 0.15) is 5.82 Å². The van der Waals surface area contributed by atoms with Crippen molar-refractivity contribution in [2.75, 3.05) is 7.11 Å².